The Morgan fingerprint density at radius 1 is 0.967 bits per heavy atom. The number of amides is 1. The molecule has 1 amide bonds. The van der Waals surface area contributed by atoms with Gasteiger partial charge in [-0.1, -0.05) is 55.3 Å². The number of rotatable bonds is 8. The van der Waals surface area contributed by atoms with Crippen molar-refractivity contribution in [2.24, 2.45) is 5.92 Å². The van der Waals surface area contributed by atoms with Gasteiger partial charge >= 0.3 is 0 Å². The second-order valence-electron chi connectivity index (χ2n) is 7.60. The summed E-state index contributed by atoms with van der Waals surface area (Å²) in [6.07, 6.45) is 0. The van der Waals surface area contributed by atoms with E-state index in [1.807, 2.05) is 56.3 Å². The van der Waals surface area contributed by atoms with E-state index in [-0.39, 0.29) is 11.8 Å². The lowest BCUT2D eigenvalue weighted by Gasteiger charge is -2.14. The molecule has 0 atom stereocenters. The fourth-order valence-electron chi connectivity index (χ4n) is 2.83. The van der Waals surface area contributed by atoms with Crippen LogP contribution in [0.2, 0.25) is 5.02 Å². The highest BCUT2D eigenvalue weighted by Crippen LogP contribution is 2.25. The van der Waals surface area contributed by atoms with E-state index in [1.54, 1.807) is 0 Å². The first-order chi connectivity index (χ1) is 14.4. The zero-order valence-corrected chi connectivity index (χ0v) is 18.3. The van der Waals surface area contributed by atoms with Crippen LogP contribution >= 0.6 is 11.6 Å². The molecule has 0 radical (unpaired) electrons. The van der Waals surface area contributed by atoms with Crippen molar-refractivity contribution in [3.05, 3.63) is 88.4 Å². The Bertz CT molecular complexity index is 983. The van der Waals surface area contributed by atoms with Crippen molar-refractivity contribution in [2.45, 2.75) is 33.9 Å². The number of hydrogen-bond donors (Lipinski definition) is 2. The molecular formula is C25H27ClN2O2. The molecule has 0 aliphatic carbocycles. The van der Waals surface area contributed by atoms with Crippen molar-refractivity contribution in [1.82, 2.24) is 0 Å². The Hall–Kier alpha value is -2.98. The number of anilines is 2. The van der Waals surface area contributed by atoms with E-state index in [1.165, 1.54) is 5.56 Å². The molecule has 0 bridgehead atoms. The maximum absolute atomic E-state index is 11.8. The molecule has 4 nitrogen and oxygen atoms in total. The molecule has 0 saturated carbocycles. The summed E-state index contributed by atoms with van der Waals surface area (Å²) in [5.74, 6) is 0.752. The summed E-state index contributed by atoms with van der Waals surface area (Å²) in [6, 6.07) is 21.6. The number of ether oxygens (including phenoxy) is 1. The van der Waals surface area contributed by atoms with Crippen LogP contribution in [0.25, 0.3) is 0 Å². The predicted molar refractivity (Wildman–Crippen MR) is 124 cm³/mol. The van der Waals surface area contributed by atoms with Gasteiger partial charge in [-0.05, 0) is 55.0 Å². The average Bonchev–Trinajstić information content (AvgIpc) is 2.73. The second-order valence-corrected chi connectivity index (χ2v) is 8.04. The molecule has 0 unspecified atom stereocenters. The Kier molecular flexibility index (Phi) is 7.36. The van der Waals surface area contributed by atoms with Crippen LogP contribution in [0, 0.1) is 12.8 Å². The molecule has 0 aromatic heterocycles. The SMILES string of the molecule is Cc1ccc(COc2ccc(Cl)cc2CNc2ccc(NC(=O)C(C)C)cc2)cc1. The van der Waals surface area contributed by atoms with Crippen molar-refractivity contribution < 1.29 is 9.53 Å². The summed E-state index contributed by atoms with van der Waals surface area (Å²) in [7, 11) is 0. The van der Waals surface area contributed by atoms with Crippen LogP contribution in [-0.4, -0.2) is 5.91 Å². The van der Waals surface area contributed by atoms with Gasteiger partial charge in [0.2, 0.25) is 5.91 Å². The molecule has 156 valence electrons. The lowest BCUT2D eigenvalue weighted by Crippen LogP contribution is -2.17. The highest BCUT2D eigenvalue weighted by atomic mass is 35.5. The first-order valence-electron chi connectivity index (χ1n) is 10.0. The maximum atomic E-state index is 11.8. The molecule has 30 heavy (non-hydrogen) atoms. The molecule has 3 aromatic rings. The largest absolute Gasteiger partial charge is 0.489 e. The van der Waals surface area contributed by atoms with Crippen molar-refractivity contribution in [1.29, 1.82) is 0 Å². The number of benzene rings is 3. The summed E-state index contributed by atoms with van der Waals surface area (Å²) in [4.78, 5) is 11.8. The van der Waals surface area contributed by atoms with E-state index < -0.39 is 0 Å². The van der Waals surface area contributed by atoms with Crippen molar-refractivity contribution in [2.75, 3.05) is 10.6 Å². The molecule has 0 aliphatic rings. The van der Waals surface area contributed by atoms with Crippen LogP contribution in [0.5, 0.6) is 5.75 Å². The van der Waals surface area contributed by atoms with Gasteiger partial charge in [0.25, 0.3) is 0 Å². The molecule has 0 fully saturated rings. The molecule has 2 N–H and O–H groups in total. The Morgan fingerprint density at radius 3 is 2.30 bits per heavy atom. The van der Waals surface area contributed by atoms with Gasteiger partial charge in [0.05, 0.1) is 0 Å². The number of carbonyl (C=O) groups is 1. The van der Waals surface area contributed by atoms with E-state index in [2.05, 4.69) is 41.8 Å². The number of halogens is 1. The Morgan fingerprint density at radius 2 is 1.63 bits per heavy atom. The minimum absolute atomic E-state index is 0.00463. The fourth-order valence-corrected chi connectivity index (χ4v) is 3.02. The zero-order chi connectivity index (χ0) is 21.5. The van der Waals surface area contributed by atoms with Crippen LogP contribution < -0.4 is 15.4 Å². The highest BCUT2D eigenvalue weighted by molar-refractivity contribution is 6.30. The van der Waals surface area contributed by atoms with Crippen LogP contribution in [-0.2, 0) is 17.9 Å². The quantitative estimate of drug-likeness (QED) is 0.439. The predicted octanol–water partition coefficient (Wildman–Crippen LogP) is 6.43. The molecule has 3 rings (SSSR count). The fraction of sp³-hybridized carbons (Fsp3) is 0.240. The third kappa shape index (κ3) is 6.26. The third-order valence-electron chi connectivity index (χ3n) is 4.70. The lowest BCUT2D eigenvalue weighted by molar-refractivity contribution is -0.118. The molecular weight excluding hydrogens is 396 g/mol. The van der Waals surface area contributed by atoms with Gasteiger partial charge in [-0.25, -0.2) is 0 Å². The zero-order valence-electron chi connectivity index (χ0n) is 17.5. The monoisotopic (exact) mass is 422 g/mol. The first kappa shape index (κ1) is 21.7. The molecule has 0 spiro atoms. The van der Waals surface area contributed by atoms with Gasteiger partial charge in [-0.3, -0.25) is 4.79 Å². The molecule has 5 heteroatoms. The van der Waals surface area contributed by atoms with E-state index in [9.17, 15) is 4.79 Å². The van der Waals surface area contributed by atoms with E-state index in [4.69, 9.17) is 16.3 Å². The topological polar surface area (TPSA) is 50.4 Å². The normalized spacial score (nSPS) is 10.7. The van der Waals surface area contributed by atoms with E-state index >= 15 is 0 Å². The van der Waals surface area contributed by atoms with Gasteiger partial charge < -0.3 is 15.4 Å². The smallest absolute Gasteiger partial charge is 0.226 e. The second kappa shape index (κ2) is 10.2. The van der Waals surface area contributed by atoms with E-state index in [0.717, 1.165) is 28.3 Å². The van der Waals surface area contributed by atoms with Crippen LogP contribution in [0.15, 0.2) is 66.7 Å². The van der Waals surface area contributed by atoms with Gasteiger partial charge in [-0.2, -0.15) is 0 Å². The Labute approximate surface area is 183 Å². The van der Waals surface area contributed by atoms with Gasteiger partial charge in [0.15, 0.2) is 0 Å². The number of carbonyl (C=O) groups excluding carboxylic acids is 1. The average molecular weight is 423 g/mol. The maximum Gasteiger partial charge on any atom is 0.226 e. The van der Waals surface area contributed by atoms with Crippen LogP contribution in [0.4, 0.5) is 11.4 Å². The minimum Gasteiger partial charge on any atom is -0.489 e. The number of hydrogen-bond acceptors (Lipinski definition) is 3. The molecule has 0 heterocycles. The van der Waals surface area contributed by atoms with Gasteiger partial charge in [0.1, 0.15) is 12.4 Å². The lowest BCUT2D eigenvalue weighted by atomic mass is 10.1. The summed E-state index contributed by atoms with van der Waals surface area (Å²) in [6.45, 7) is 6.88. The molecule has 0 saturated heterocycles. The van der Waals surface area contributed by atoms with Crippen molar-refractivity contribution >= 4 is 28.9 Å². The Balaban J connectivity index is 1.62. The summed E-state index contributed by atoms with van der Waals surface area (Å²) < 4.78 is 6.05. The van der Waals surface area contributed by atoms with E-state index in [0.29, 0.717) is 18.2 Å². The summed E-state index contributed by atoms with van der Waals surface area (Å²) >= 11 is 6.20. The summed E-state index contributed by atoms with van der Waals surface area (Å²) in [5, 5.41) is 6.94. The number of nitrogens with one attached hydrogen (secondary N) is 2. The van der Waals surface area contributed by atoms with Crippen molar-refractivity contribution in [3.8, 4) is 5.75 Å². The van der Waals surface area contributed by atoms with Crippen LogP contribution in [0.1, 0.15) is 30.5 Å². The minimum atomic E-state index is -0.0519. The number of aryl methyl sites for hydroxylation is 1. The molecule has 0 aliphatic heterocycles. The van der Waals surface area contributed by atoms with Gasteiger partial charge in [-0.15, -0.1) is 0 Å². The molecule has 3 aromatic carbocycles. The van der Waals surface area contributed by atoms with Gasteiger partial charge in [0, 0.05) is 34.4 Å². The van der Waals surface area contributed by atoms with Crippen LogP contribution in [0.3, 0.4) is 0 Å². The highest BCUT2D eigenvalue weighted by Gasteiger charge is 2.08. The van der Waals surface area contributed by atoms with Crippen molar-refractivity contribution in [3.63, 3.8) is 0 Å². The summed E-state index contributed by atoms with van der Waals surface area (Å²) in [5.41, 5.74) is 5.05. The first-order valence-corrected chi connectivity index (χ1v) is 10.4. The third-order valence-corrected chi connectivity index (χ3v) is 4.93. The standard InChI is InChI=1S/C25H27ClN2O2/c1-17(2)25(29)28-23-11-9-22(10-12-23)27-15-20-14-21(26)8-13-24(20)30-16-19-6-4-18(3)5-7-19/h4-14,17,27H,15-16H2,1-3H3,(H,28,29).